The molecule has 2 saturated heterocycles. The van der Waals surface area contributed by atoms with E-state index < -0.39 is 0 Å². The molecule has 2 unspecified atom stereocenters. The average Bonchev–Trinajstić information content (AvgIpc) is 3.68. The number of hydrogen-bond acceptors (Lipinski definition) is 14. The third-order valence-corrected chi connectivity index (χ3v) is 10.4. The van der Waals surface area contributed by atoms with Crippen LogP contribution in [0, 0.1) is 0 Å². The maximum atomic E-state index is 12.7. The number of anilines is 4. The fraction of sp³-hybridized carbons (Fsp3) is 0.467. The summed E-state index contributed by atoms with van der Waals surface area (Å²) in [7, 11) is 0. The Labute approximate surface area is 272 Å². The molecule has 0 aromatic carbocycles. The van der Waals surface area contributed by atoms with E-state index in [9.17, 15) is 19.8 Å². The molecule has 0 spiro atoms. The van der Waals surface area contributed by atoms with Crippen molar-refractivity contribution in [2.24, 2.45) is 0 Å². The van der Waals surface area contributed by atoms with Gasteiger partial charge in [-0.15, -0.1) is 20.4 Å². The molecule has 2 aliphatic heterocycles. The molecule has 1 aliphatic carbocycles. The number of carbonyl (C=O) groups excluding carboxylic acids is 2. The molecule has 4 aromatic heterocycles. The Bertz CT molecular complexity index is 1580. The lowest BCUT2D eigenvalue weighted by Crippen LogP contribution is -2.51. The van der Waals surface area contributed by atoms with E-state index in [0.29, 0.717) is 47.8 Å². The van der Waals surface area contributed by atoms with Crippen LogP contribution in [0.4, 0.5) is 21.9 Å². The Balaban J connectivity index is 0.904. The second kappa shape index (κ2) is 13.3. The van der Waals surface area contributed by atoms with Crippen LogP contribution in [0.15, 0.2) is 36.4 Å². The number of amides is 2. The van der Waals surface area contributed by atoms with E-state index in [1.54, 1.807) is 0 Å². The van der Waals surface area contributed by atoms with E-state index in [4.69, 9.17) is 0 Å². The second-order valence-corrected chi connectivity index (χ2v) is 14.0. The molecule has 6 heterocycles. The molecule has 14 nitrogen and oxygen atoms in total. The van der Waals surface area contributed by atoms with Crippen molar-refractivity contribution in [1.29, 1.82) is 0 Å². The summed E-state index contributed by atoms with van der Waals surface area (Å²) < 4.78 is 0. The summed E-state index contributed by atoms with van der Waals surface area (Å²) in [5.74, 6) is 1.49. The number of nitrogens with zero attached hydrogens (tertiary/aromatic N) is 8. The molecule has 0 radical (unpaired) electrons. The summed E-state index contributed by atoms with van der Waals surface area (Å²) in [4.78, 5) is 38.5. The molecule has 3 aliphatic rings. The minimum atomic E-state index is -0.325. The van der Waals surface area contributed by atoms with Gasteiger partial charge in [0.1, 0.15) is 21.7 Å². The first-order chi connectivity index (χ1) is 22.3. The molecule has 0 bridgehead atoms. The lowest BCUT2D eigenvalue weighted by Gasteiger charge is -2.36. The molecule has 4 N–H and O–H groups in total. The number of aliphatic hydroxyl groups is 2. The van der Waals surface area contributed by atoms with E-state index >= 15 is 0 Å². The first-order valence-corrected chi connectivity index (χ1v) is 17.0. The number of aliphatic hydroxyl groups excluding tert-OH is 2. The van der Waals surface area contributed by atoms with Crippen LogP contribution in [0.25, 0.3) is 0 Å². The van der Waals surface area contributed by atoms with Crippen LogP contribution in [0.3, 0.4) is 0 Å². The Morgan fingerprint density at radius 1 is 0.717 bits per heavy atom. The molecular weight excluding hydrogens is 629 g/mol. The van der Waals surface area contributed by atoms with Gasteiger partial charge in [-0.1, -0.05) is 41.2 Å². The molecule has 7 rings (SSSR count). The molecule has 16 heteroatoms. The highest BCUT2D eigenvalue weighted by atomic mass is 32.1. The van der Waals surface area contributed by atoms with Crippen molar-refractivity contribution in [3.63, 3.8) is 0 Å². The Morgan fingerprint density at radius 3 is 1.61 bits per heavy atom. The van der Waals surface area contributed by atoms with Gasteiger partial charge in [0, 0.05) is 38.0 Å². The number of nitrogens with one attached hydrogen (secondary N) is 2. The van der Waals surface area contributed by atoms with E-state index in [2.05, 4.69) is 41.0 Å². The van der Waals surface area contributed by atoms with E-state index in [-0.39, 0.29) is 48.7 Å². The Kier molecular flexibility index (Phi) is 8.84. The normalized spacial score (nSPS) is 20.2. The summed E-state index contributed by atoms with van der Waals surface area (Å²) in [5, 5.41) is 44.8. The number of hydrogen-bond donors (Lipinski definition) is 4. The van der Waals surface area contributed by atoms with Crippen LogP contribution >= 0.6 is 22.7 Å². The predicted molar refractivity (Wildman–Crippen MR) is 173 cm³/mol. The predicted octanol–water partition coefficient (Wildman–Crippen LogP) is 2.35. The monoisotopic (exact) mass is 662 g/mol. The Morgan fingerprint density at radius 2 is 1.17 bits per heavy atom. The quantitative estimate of drug-likeness (QED) is 0.195. The van der Waals surface area contributed by atoms with Crippen LogP contribution in [-0.4, -0.2) is 90.8 Å². The van der Waals surface area contributed by atoms with E-state index in [1.165, 1.54) is 22.7 Å². The van der Waals surface area contributed by atoms with Gasteiger partial charge in [0.05, 0.1) is 36.4 Å². The SMILES string of the molecule is O=C(Cc1cccc(N2CC(O)C2)n1)Nc1nnc(C2CCCC(c3nnc(NC(=O)Cc4cccc(N5CC(O)C5)n4)s3)C2)s1. The summed E-state index contributed by atoms with van der Waals surface area (Å²) in [6.07, 6.45) is 3.39. The maximum absolute atomic E-state index is 12.7. The lowest BCUT2D eigenvalue weighted by molar-refractivity contribution is -0.116. The molecule has 240 valence electrons. The van der Waals surface area contributed by atoms with Gasteiger partial charge in [0.15, 0.2) is 0 Å². The van der Waals surface area contributed by atoms with E-state index in [0.717, 1.165) is 47.3 Å². The third kappa shape index (κ3) is 7.14. The van der Waals surface area contributed by atoms with Gasteiger partial charge < -0.3 is 30.6 Å². The largest absolute Gasteiger partial charge is 0.389 e. The third-order valence-electron chi connectivity index (χ3n) is 8.39. The van der Waals surface area contributed by atoms with Gasteiger partial charge in [-0.05, 0) is 43.5 Å². The summed E-state index contributed by atoms with van der Waals surface area (Å²) >= 11 is 2.79. The number of carbonyl (C=O) groups is 2. The molecular formula is C30H34N10O4S2. The van der Waals surface area contributed by atoms with Gasteiger partial charge in [-0.25, -0.2) is 9.97 Å². The van der Waals surface area contributed by atoms with Crippen LogP contribution < -0.4 is 20.4 Å². The fourth-order valence-electron chi connectivity index (χ4n) is 5.96. The summed E-state index contributed by atoms with van der Waals surface area (Å²) in [5.41, 5.74) is 1.30. The smallest absolute Gasteiger partial charge is 0.232 e. The van der Waals surface area contributed by atoms with Gasteiger partial charge in [0.25, 0.3) is 0 Å². The summed E-state index contributed by atoms with van der Waals surface area (Å²) in [6, 6.07) is 11.1. The standard InChI is InChI=1S/C30H34N10O4S2/c41-21-13-39(14-21)23-8-2-6-19(31-23)11-25(43)33-29-37-35-27(45-29)17-4-1-5-18(10-17)28-36-38-30(46-28)34-26(44)12-20-7-3-9-24(32-20)40-15-22(42)16-40/h2-3,6-9,17-18,21-22,41-42H,1,4-5,10-16H2,(H,33,37,43)(H,34,38,44). The number of aromatic nitrogens is 6. The van der Waals surface area contributed by atoms with Crippen molar-refractivity contribution in [3.05, 3.63) is 57.8 Å². The van der Waals surface area contributed by atoms with Crippen LogP contribution in [0.1, 0.15) is 58.9 Å². The van der Waals surface area contributed by atoms with Crippen LogP contribution in [0.2, 0.25) is 0 Å². The fourth-order valence-corrected chi connectivity index (χ4v) is 7.78. The average molecular weight is 663 g/mol. The Hall–Kier alpha value is -4.12. The highest BCUT2D eigenvalue weighted by Crippen LogP contribution is 2.43. The van der Waals surface area contributed by atoms with Gasteiger partial charge >= 0.3 is 0 Å². The number of rotatable bonds is 10. The van der Waals surface area contributed by atoms with Crippen LogP contribution in [-0.2, 0) is 22.4 Å². The van der Waals surface area contributed by atoms with Crippen molar-refractivity contribution in [2.45, 2.75) is 62.6 Å². The van der Waals surface area contributed by atoms with Crippen molar-refractivity contribution >= 4 is 56.4 Å². The van der Waals surface area contributed by atoms with Gasteiger partial charge in [0.2, 0.25) is 22.1 Å². The van der Waals surface area contributed by atoms with Gasteiger partial charge in [-0.3, -0.25) is 9.59 Å². The topological polar surface area (TPSA) is 182 Å². The second-order valence-electron chi connectivity index (χ2n) is 12.0. The molecule has 2 amide bonds. The highest BCUT2D eigenvalue weighted by molar-refractivity contribution is 7.15. The number of β-amino-alcohol motifs (C(OH)–C–C–N with tert-alkyl or cyclic N) is 2. The van der Waals surface area contributed by atoms with Crippen molar-refractivity contribution in [1.82, 2.24) is 30.4 Å². The summed E-state index contributed by atoms with van der Waals surface area (Å²) in [6.45, 7) is 2.20. The van der Waals surface area contributed by atoms with E-state index in [1.807, 2.05) is 46.2 Å². The highest BCUT2D eigenvalue weighted by Gasteiger charge is 2.30. The molecule has 46 heavy (non-hydrogen) atoms. The molecule has 2 atom stereocenters. The minimum absolute atomic E-state index is 0.118. The first kappa shape index (κ1) is 30.5. The number of pyridine rings is 2. The maximum Gasteiger partial charge on any atom is 0.232 e. The van der Waals surface area contributed by atoms with Crippen molar-refractivity contribution in [2.75, 3.05) is 46.6 Å². The lowest BCUT2D eigenvalue weighted by atomic mass is 9.82. The molecule has 4 aromatic rings. The van der Waals surface area contributed by atoms with Crippen molar-refractivity contribution in [3.8, 4) is 0 Å². The van der Waals surface area contributed by atoms with Gasteiger partial charge in [-0.2, -0.15) is 0 Å². The zero-order valence-electron chi connectivity index (χ0n) is 24.9. The zero-order chi connectivity index (χ0) is 31.6. The first-order valence-electron chi connectivity index (χ1n) is 15.4. The van der Waals surface area contributed by atoms with Crippen LogP contribution in [0.5, 0.6) is 0 Å². The zero-order valence-corrected chi connectivity index (χ0v) is 26.6. The molecule has 1 saturated carbocycles. The minimum Gasteiger partial charge on any atom is -0.389 e. The molecule has 3 fully saturated rings. The van der Waals surface area contributed by atoms with Crippen molar-refractivity contribution < 1.29 is 19.8 Å².